The third-order valence-electron chi connectivity index (χ3n) is 4.47. The van der Waals surface area contributed by atoms with Gasteiger partial charge in [-0.1, -0.05) is 24.2 Å². The molecule has 0 radical (unpaired) electrons. The maximum absolute atomic E-state index is 12.6. The molecule has 0 aliphatic carbocycles. The Balaban J connectivity index is 1.70. The number of amides is 1. The van der Waals surface area contributed by atoms with Gasteiger partial charge in [-0.25, -0.2) is 0 Å². The van der Waals surface area contributed by atoms with Crippen molar-refractivity contribution in [2.45, 2.75) is 51.9 Å². The van der Waals surface area contributed by atoms with Crippen LogP contribution >= 0.6 is 0 Å². The van der Waals surface area contributed by atoms with E-state index < -0.39 is 0 Å². The minimum Gasteiger partial charge on any atom is -0.351 e. The first-order chi connectivity index (χ1) is 11.1. The molecule has 23 heavy (non-hydrogen) atoms. The van der Waals surface area contributed by atoms with E-state index in [9.17, 15) is 4.79 Å². The van der Waals surface area contributed by atoms with E-state index >= 15 is 0 Å². The van der Waals surface area contributed by atoms with Gasteiger partial charge in [-0.2, -0.15) is 4.98 Å². The number of nitrogens with zero attached hydrogens (tertiary/aromatic N) is 4. The molecule has 2 atom stereocenters. The summed E-state index contributed by atoms with van der Waals surface area (Å²) in [4.78, 5) is 18.7. The largest absolute Gasteiger partial charge is 0.351 e. The molecule has 0 N–H and O–H groups in total. The fraction of sp³-hybridized carbons (Fsp3) is 0.625. The first-order valence-electron chi connectivity index (χ1n) is 8.14. The zero-order chi connectivity index (χ0) is 16.4. The first-order valence-corrected chi connectivity index (χ1v) is 8.14. The van der Waals surface area contributed by atoms with E-state index in [1.807, 2.05) is 0 Å². The van der Waals surface area contributed by atoms with Crippen LogP contribution in [0.1, 0.15) is 72.9 Å². The van der Waals surface area contributed by atoms with Crippen molar-refractivity contribution >= 4 is 5.91 Å². The lowest BCUT2D eigenvalue weighted by atomic mass is 9.97. The molecule has 124 valence electrons. The van der Waals surface area contributed by atoms with Crippen LogP contribution in [-0.2, 0) is 0 Å². The Morgan fingerprint density at radius 2 is 2.26 bits per heavy atom. The van der Waals surface area contributed by atoms with E-state index in [4.69, 9.17) is 9.05 Å². The lowest BCUT2D eigenvalue weighted by molar-refractivity contribution is 0.0661. The molecule has 0 bridgehead atoms. The molecule has 3 heterocycles. The molecule has 0 aromatic carbocycles. The highest BCUT2D eigenvalue weighted by Crippen LogP contribution is 2.26. The Hall–Kier alpha value is -2.18. The quantitative estimate of drug-likeness (QED) is 0.861. The summed E-state index contributed by atoms with van der Waals surface area (Å²) in [5, 5.41) is 8.01. The van der Waals surface area contributed by atoms with Gasteiger partial charge in [0.05, 0.1) is 5.69 Å². The van der Waals surface area contributed by atoms with Crippen molar-refractivity contribution in [3.63, 3.8) is 0 Å². The van der Waals surface area contributed by atoms with E-state index in [1.165, 1.54) is 0 Å². The predicted molar refractivity (Wildman–Crippen MR) is 82.1 cm³/mol. The van der Waals surface area contributed by atoms with Crippen molar-refractivity contribution in [1.29, 1.82) is 0 Å². The number of carbonyl (C=O) groups excluding carboxylic acids is 1. The Kier molecular flexibility index (Phi) is 4.45. The van der Waals surface area contributed by atoms with Gasteiger partial charge in [0.2, 0.25) is 11.7 Å². The highest BCUT2D eigenvalue weighted by molar-refractivity contribution is 5.91. The van der Waals surface area contributed by atoms with E-state index in [0.717, 1.165) is 25.0 Å². The van der Waals surface area contributed by atoms with Crippen molar-refractivity contribution in [3.05, 3.63) is 29.2 Å². The van der Waals surface area contributed by atoms with Gasteiger partial charge in [-0.3, -0.25) is 4.79 Å². The molecular formula is C16H22N4O3. The number of hydrogen-bond donors (Lipinski definition) is 0. The summed E-state index contributed by atoms with van der Waals surface area (Å²) in [6.07, 6.45) is 2.83. The summed E-state index contributed by atoms with van der Waals surface area (Å²) in [6, 6.07) is 1.76. The SMILES string of the molecule is CC[C@H](C)c1cc(C(=O)N2CCC[C@@H](c3noc(C)n3)C2)on1. The van der Waals surface area contributed by atoms with Gasteiger partial charge in [0.25, 0.3) is 5.91 Å². The molecule has 0 unspecified atom stereocenters. The Bertz CT molecular complexity index is 678. The number of aromatic nitrogens is 3. The highest BCUT2D eigenvalue weighted by atomic mass is 16.5. The third kappa shape index (κ3) is 3.28. The second-order valence-corrected chi connectivity index (χ2v) is 6.19. The molecule has 1 amide bonds. The van der Waals surface area contributed by atoms with Crippen LogP contribution in [-0.4, -0.2) is 39.2 Å². The second kappa shape index (κ2) is 6.52. The molecule has 1 fully saturated rings. The average Bonchev–Trinajstić information content (AvgIpc) is 3.23. The van der Waals surface area contributed by atoms with Gasteiger partial charge in [-0.15, -0.1) is 0 Å². The fourth-order valence-corrected chi connectivity index (χ4v) is 2.84. The van der Waals surface area contributed by atoms with Crippen molar-refractivity contribution < 1.29 is 13.8 Å². The van der Waals surface area contributed by atoms with Crippen molar-refractivity contribution in [2.24, 2.45) is 0 Å². The van der Waals surface area contributed by atoms with Crippen LogP contribution < -0.4 is 0 Å². The van der Waals surface area contributed by atoms with Crippen LogP contribution in [0.25, 0.3) is 0 Å². The molecule has 1 aliphatic rings. The smallest absolute Gasteiger partial charge is 0.292 e. The minimum atomic E-state index is -0.114. The first kappa shape index (κ1) is 15.7. The Morgan fingerprint density at radius 1 is 1.43 bits per heavy atom. The van der Waals surface area contributed by atoms with Gasteiger partial charge in [0, 0.05) is 37.9 Å². The van der Waals surface area contributed by atoms with Gasteiger partial charge >= 0.3 is 0 Å². The topological polar surface area (TPSA) is 85.3 Å². The molecule has 3 rings (SSSR count). The molecule has 0 spiro atoms. The zero-order valence-corrected chi connectivity index (χ0v) is 13.8. The van der Waals surface area contributed by atoms with Crippen molar-refractivity contribution in [1.82, 2.24) is 20.2 Å². The van der Waals surface area contributed by atoms with E-state index in [-0.39, 0.29) is 17.7 Å². The number of aryl methyl sites for hydroxylation is 1. The minimum absolute atomic E-state index is 0.113. The van der Waals surface area contributed by atoms with Crippen LogP contribution in [0.5, 0.6) is 0 Å². The van der Waals surface area contributed by atoms with E-state index in [2.05, 4.69) is 29.1 Å². The normalized spacial score (nSPS) is 19.8. The van der Waals surface area contributed by atoms with Crippen LogP contribution in [0.15, 0.2) is 15.1 Å². The maximum atomic E-state index is 12.6. The summed E-state index contributed by atoms with van der Waals surface area (Å²) in [5.41, 5.74) is 0.832. The van der Waals surface area contributed by atoms with Crippen LogP contribution in [0.3, 0.4) is 0 Å². The third-order valence-corrected chi connectivity index (χ3v) is 4.47. The lowest BCUT2D eigenvalue weighted by Crippen LogP contribution is -2.39. The summed E-state index contributed by atoms with van der Waals surface area (Å²) < 4.78 is 10.3. The molecule has 2 aromatic heterocycles. The van der Waals surface area contributed by atoms with Crippen molar-refractivity contribution in [2.75, 3.05) is 13.1 Å². The number of carbonyl (C=O) groups is 1. The van der Waals surface area contributed by atoms with Crippen molar-refractivity contribution in [3.8, 4) is 0 Å². The number of rotatable bonds is 4. The van der Waals surface area contributed by atoms with Gasteiger partial charge in [-0.05, 0) is 19.3 Å². The molecule has 1 aliphatic heterocycles. The molecule has 1 saturated heterocycles. The number of piperidine rings is 1. The van der Waals surface area contributed by atoms with Gasteiger partial charge < -0.3 is 13.9 Å². The van der Waals surface area contributed by atoms with Crippen LogP contribution in [0.4, 0.5) is 0 Å². The zero-order valence-electron chi connectivity index (χ0n) is 13.8. The summed E-state index contributed by atoms with van der Waals surface area (Å²) in [5.74, 6) is 1.83. The summed E-state index contributed by atoms with van der Waals surface area (Å²) in [6.45, 7) is 7.22. The van der Waals surface area contributed by atoms with Crippen LogP contribution in [0.2, 0.25) is 0 Å². The second-order valence-electron chi connectivity index (χ2n) is 6.19. The molecule has 7 nitrogen and oxygen atoms in total. The highest BCUT2D eigenvalue weighted by Gasteiger charge is 2.30. The lowest BCUT2D eigenvalue weighted by Gasteiger charge is -2.30. The number of likely N-dealkylation sites (tertiary alicyclic amines) is 1. The molecule has 0 saturated carbocycles. The molecule has 2 aromatic rings. The van der Waals surface area contributed by atoms with Gasteiger partial charge in [0.1, 0.15) is 0 Å². The summed E-state index contributed by atoms with van der Waals surface area (Å²) in [7, 11) is 0. The maximum Gasteiger partial charge on any atom is 0.292 e. The average molecular weight is 318 g/mol. The van der Waals surface area contributed by atoms with E-state index in [0.29, 0.717) is 30.6 Å². The number of hydrogen-bond acceptors (Lipinski definition) is 6. The Labute approximate surface area is 135 Å². The van der Waals surface area contributed by atoms with E-state index in [1.54, 1.807) is 17.9 Å². The molecule has 7 heteroatoms. The standard InChI is InChI=1S/C16H22N4O3/c1-4-10(2)13-8-14(23-18-13)16(21)20-7-5-6-12(9-20)15-17-11(3)22-19-15/h8,10,12H,4-7,9H2,1-3H3/t10-,12+/m0/s1. The van der Waals surface area contributed by atoms with Crippen LogP contribution in [0, 0.1) is 6.92 Å². The Morgan fingerprint density at radius 3 is 2.96 bits per heavy atom. The summed E-state index contributed by atoms with van der Waals surface area (Å²) >= 11 is 0. The predicted octanol–water partition coefficient (Wildman–Crippen LogP) is 2.90. The monoisotopic (exact) mass is 318 g/mol. The van der Waals surface area contributed by atoms with Gasteiger partial charge in [0.15, 0.2) is 5.82 Å². The fourth-order valence-electron chi connectivity index (χ4n) is 2.84. The molecular weight excluding hydrogens is 296 g/mol.